The van der Waals surface area contributed by atoms with Crippen LogP contribution in [0.2, 0.25) is 0 Å². The summed E-state index contributed by atoms with van der Waals surface area (Å²) in [6.07, 6.45) is 0. The predicted octanol–water partition coefficient (Wildman–Crippen LogP) is -0.493. The molecule has 3 N–H and O–H groups in total. The molecule has 1 aliphatic heterocycles. The molecule has 1 saturated heterocycles. The first-order valence-electron chi connectivity index (χ1n) is 4.04. The molecule has 1 fully saturated rings. The van der Waals surface area contributed by atoms with Gasteiger partial charge in [-0.3, -0.25) is 0 Å². The smallest absolute Gasteiger partial charge is 0.145 e. The molecule has 12 heavy (non-hydrogen) atoms. The lowest BCUT2D eigenvalue weighted by atomic mass is 10.1. The summed E-state index contributed by atoms with van der Waals surface area (Å²) in [4.78, 5) is 4.72. The van der Waals surface area contributed by atoms with Gasteiger partial charge in [0.2, 0.25) is 0 Å². The zero-order valence-electron chi connectivity index (χ0n) is 6.92. The van der Waals surface area contributed by atoms with E-state index >= 15 is 0 Å². The van der Waals surface area contributed by atoms with Gasteiger partial charge >= 0.3 is 0 Å². The number of rotatable bonds is 4. The van der Waals surface area contributed by atoms with Gasteiger partial charge in [-0.15, -0.1) is 0 Å². The zero-order chi connectivity index (χ0) is 8.81. The molecule has 70 valence electrons. The summed E-state index contributed by atoms with van der Waals surface area (Å²) in [6, 6.07) is 0. The minimum atomic E-state index is -0.502. The first-order chi connectivity index (χ1) is 5.88. The molecule has 1 unspecified atom stereocenters. The van der Waals surface area contributed by atoms with Crippen molar-refractivity contribution in [2.24, 2.45) is 16.8 Å². The Kier molecular flexibility index (Phi) is 3.96. The van der Waals surface area contributed by atoms with E-state index in [-0.39, 0.29) is 12.5 Å². The van der Waals surface area contributed by atoms with Crippen molar-refractivity contribution in [1.82, 2.24) is 5.32 Å². The second-order valence-corrected chi connectivity index (χ2v) is 2.67. The first kappa shape index (κ1) is 9.41. The first-order valence-corrected chi connectivity index (χ1v) is 4.04. The Hall–Kier alpha value is -0.680. The summed E-state index contributed by atoms with van der Waals surface area (Å²) in [7, 11) is 0. The van der Waals surface area contributed by atoms with Crippen LogP contribution in [-0.2, 0) is 4.84 Å². The van der Waals surface area contributed by atoms with Crippen molar-refractivity contribution in [2.45, 2.75) is 0 Å². The lowest BCUT2D eigenvalue weighted by molar-refractivity contribution is 0.126. The van der Waals surface area contributed by atoms with Gasteiger partial charge in [-0.2, -0.15) is 0 Å². The zero-order valence-corrected chi connectivity index (χ0v) is 6.92. The number of nitrogens with zero attached hydrogens (tertiary/aromatic N) is 1. The SMILES string of the molecule is NCC1CNCC1=NOCCF. The molecule has 0 aromatic rings. The van der Waals surface area contributed by atoms with Gasteiger partial charge in [-0.1, -0.05) is 5.16 Å². The third-order valence-corrected chi connectivity index (χ3v) is 1.80. The average Bonchev–Trinajstić information content (AvgIpc) is 2.52. The Labute approximate surface area is 70.9 Å². The van der Waals surface area contributed by atoms with E-state index in [4.69, 9.17) is 10.6 Å². The third-order valence-electron chi connectivity index (χ3n) is 1.80. The largest absolute Gasteiger partial charge is 0.393 e. The van der Waals surface area contributed by atoms with E-state index in [0.717, 1.165) is 12.3 Å². The molecule has 1 heterocycles. The van der Waals surface area contributed by atoms with E-state index in [9.17, 15) is 4.39 Å². The number of hydrogen-bond acceptors (Lipinski definition) is 4. The van der Waals surface area contributed by atoms with Crippen LogP contribution in [0.5, 0.6) is 0 Å². The maximum Gasteiger partial charge on any atom is 0.145 e. The summed E-state index contributed by atoms with van der Waals surface area (Å²) in [5, 5.41) is 6.92. The van der Waals surface area contributed by atoms with Gasteiger partial charge < -0.3 is 15.9 Å². The van der Waals surface area contributed by atoms with E-state index in [0.29, 0.717) is 13.1 Å². The van der Waals surface area contributed by atoms with Crippen LogP contribution < -0.4 is 11.1 Å². The molecule has 1 aliphatic rings. The number of nitrogens with one attached hydrogen (secondary N) is 1. The average molecular weight is 175 g/mol. The van der Waals surface area contributed by atoms with Gasteiger partial charge in [0, 0.05) is 25.6 Å². The Bertz CT molecular complexity index is 163. The molecule has 0 aliphatic carbocycles. The van der Waals surface area contributed by atoms with Crippen molar-refractivity contribution in [1.29, 1.82) is 0 Å². The molecule has 0 aromatic heterocycles. The summed E-state index contributed by atoms with van der Waals surface area (Å²) in [6.45, 7) is 1.63. The van der Waals surface area contributed by atoms with Gasteiger partial charge in [0.1, 0.15) is 13.3 Å². The number of halogens is 1. The Morgan fingerprint density at radius 3 is 3.25 bits per heavy atom. The van der Waals surface area contributed by atoms with Gasteiger partial charge in [-0.05, 0) is 0 Å². The minimum absolute atomic E-state index is 0.0286. The van der Waals surface area contributed by atoms with Crippen LogP contribution in [0.25, 0.3) is 0 Å². The predicted molar refractivity (Wildman–Crippen MR) is 44.8 cm³/mol. The van der Waals surface area contributed by atoms with Gasteiger partial charge in [0.15, 0.2) is 0 Å². The van der Waals surface area contributed by atoms with Crippen LogP contribution in [0.4, 0.5) is 4.39 Å². The minimum Gasteiger partial charge on any atom is -0.393 e. The molecular weight excluding hydrogens is 161 g/mol. The number of oxime groups is 1. The Morgan fingerprint density at radius 1 is 1.75 bits per heavy atom. The van der Waals surface area contributed by atoms with Gasteiger partial charge in [0.25, 0.3) is 0 Å². The highest BCUT2D eigenvalue weighted by atomic mass is 19.1. The number of hydrogen-bond donors (Lipinski definition) is 2. The topological polar surface area (TPSA) is 59.6 Å². The molecule has 0 saturated carbocycles. The van der Waals surface area contributed by atoms with Crippen molar-refractivity contribution in [2.75, 3.05) is 32.9 Å². The van der Waals surface area contributed by atoms with Gasteiger partial charge in [0.05, 0.1) is 5.71 Å². The van der Waals surface area contributed by atoms with Crippen molar-refractivity contribution < 1.29 is 9.23 Å². The Balaban J connectivity index is 2.33. The molecule has 0 bridgehead atoms. The maximum atomic E-state index is 11.6. The van der Waals surface area contributed by atoms with E-state index in [1.165, 1.54) is 0 Å². The van der Waals surface area contributed by atoms with E-state index in [1.807, 2.05) is 0 Å². The van der Waals surface area contributed by atoms with Crippen molar-refractivity contribution >= 4 is 5.71 Å². The van der Waals surface area contributed by atoms with Crippen LogP contribution in [0.3, 0.4) is 0 Å². The lowest BCUT2D eigenvalue weighted by Gasteiger charge is -2.04. The summed E-state index contributed by atoms with van der Waals surface area (Å²) in [5.41, 5.74) is 6.37. The highest BCUT2D eigenvalue weighted by molar-refractivity contribution is 5.90. The van der Waals surface area contributed by atoms with E-state index in [1.54, 1.807) is 0 Å². The number of nitrogens with two attached hydrogens (primary N) is 1. The fourth-order valence-electron chi connectivity index (χ4n) is 1.13. The van der Waals surface area contributed by atoms with Crippen LogP contribution in [0.15, 0.2) is 5.16 Å². The lowest BCUT2D eigenvalue weighted by Crippen LogP contribution is -2.22. The van der Waals surface area contributed by atoms with Crippen molar-refractivity contribution in [3.63, 3.8) is 0 Å². The second-order valence-electron chi connectivity index (χ2n) is 2.67. The Morgan fingerprint density at radius 2 is 2.58 bits per heavy atom. The quantitative estimate of drug-likeness (QED) is 0.447. The molecular formula is C7H14FN3O. The molecule has 4 nitrogen and oxygen atoms in total. The molecule has 0 spiro atoms. The maximum absolute atomic E-state index is 11.6. The summed E-state index contributed by atoms with van der Waals surface area (Å²) < 4.78 is 11.6. The number of alkyl halides is 1. The normalized spacial score (nSPS) is 26.5. The van der Waals surface area contributed by atoms with Crippen LogP contribution in [0, 0.1) is 5.92 Å². The van der Waals surface area contributed by atoms with Crippen LogP contribution in [0.1, 0.15) is 0 Å². The fraction of sp³-hybridized carbons (Fsp3) is 0.857. The molecule has 0 amide bonds. The highest BCUT2D eigenvalue weighted by Gasteiger charge is 2.20. The van der Waals surface area contributed by atoms with E-state index < -0.39 is 6.67 Å². The summed E-state index contributed by atoms with van der Waals surface area (Å²) >= 11 is 0. The molecule has 0 aromatic carbocycles. The standard InChI is InChI=1S/C7H14FN3O/c8-1-2-12-11-7-5-10-4-6(7)3-9/h6,10H,1-5,9H2. The van der Waals surface area contributed by atoms with Gasteiger partial charge in [-0.25, -0.2) is 4.39 Å². The third kappa shape index (κ3) is 2.42. The van der Waals surface area contributed by atoms with E-state index in [2.05, 4.69) is 10.5 Å². The molecule has 0 radical (unpaired) electrons. The molecule has 5 heteroatoms. The fourth-order valence-corrected chi connectivity index (χ4v) is 1.13. The molecule has 1 rings (SSSR count). The van der Waals surface area contributed by atoms with Crippen LogP contribution >= 0.6 is 0 Å². The van der Waals surface area contributed by atoms with Crippen molar-refractivity contribution in [3.8, 4) is 0 Å². The monoisotopic (exact) mass is 175 g/mol. The second kappa shape index (κ2) is 5.05. The van der Waals surface area contributed by atoms with Crippen molar-refractivity contribution in [3.05, 3.63) is 0 Å². The highest BCUT2D eigenvalue weighted by Crippen LogP contribution is 2.03. The summed E-state index contributed by atoms with van der Waals surface area (Å²) in [5.74, 6) is 0.254. The van der Waals surface area contributed by atoms with Crippen LogP contribution in [-0.4, -0.2) is 38.6 Å². The molecule has 1 atom stereocenters.